The monoisotopic (exact) mass is 417 g/mol. The van der Waals surface area contributed by atoms with Gasteiger partial charge in [0.1, 0.15) is 5.82 Å². The van der Waals surface area contributed by atoms with Crippen LogP contribution in [0, 0.1) is 12.8 Å². The lowest BCUT2D eigenvalue weighted by atomic mass is 9.97. The van der Waals surface area contributed by atoms with Gasteiger partial charge in [0.05, 0.1) is 5.75 Å². The summed E-state index contributed by atoms with van der Waals surface area (Å²) in [7, 11) is -3.30. The molecule has 0 spiro atoms. The average Bonchev–Trinajstić information content (AvgIpc) is 3.10. The summed E-state index contributed by atoms with van der Waals surface area (Å²) in [5, 5.41) is 0. The van der Waals surface area contributed by atoms with E-state index in [1.165, 1.54) is 0 Å². The van der Waals surface area contributed by atoms with Crippen LogP contribution in [-0.2, 0) is 27.1 Å². The van der Waals surface area contributed by atoms with Crippen molar-refractivity contribution in [1.82, 2.24) is 13.9 Å². The Morgan fingerprint density at radius 1 is 1.14 bits per heavy atom. The van der Waals surface area contributed by atoms with Crippen molar-refractivity contribution in [2.75, 3.05) is 26.3 Å². The van der Waals surface area contributed by atoms with Gasteiger partial charge in [-0.3, -0.25) is 0 Å². The summed E-state index contributed by atoms with van der Waals surface area (Å²) in [4.78, 5) is 4.70. The first kappa shape index (κ1) is 20.6. The topological polar surface area (TPSA) is 64.4 Å². The Labute approximate surface area is 173 Å². The highest BCUT2D eigenvalue weighted by Gasteiger charge is 2.30. The number of piperidine rings is 1. The van der Waals surface area contributed by atoms with E-state index >= 15 is 0 Å². The van der Waals surface area contributed by atoms with E-state index in [2.05, 4.69) is 11.5 Å². The molecule has 1 aromatic carbocycles. The molecular formula is C22H31N3O3S. The fourth-order valence-corrected chi connectivity index (χ4v) is 6.20. The lowest BCUT2D eigenvalue weighted by Gasteiger charge is -2.33. The molecule has 29 heavy (non-hydrogen) atoms. The van der Waals surface area contributed by atoms with E-state index in [1.54, 1.807) is 4.31 Å². The van der Waals surface area contributed by atoms with Crippen LogP contribution in [0.2, 0.25) is 0 Å². The number of aromatic nitrogens is 2. The number of hydrogen-bond acceptors (Lipinski definition) is 4. The zero-order valence-corrected chi connectivity index (χ0v) is 18.0. The maximum Gasteiger partial charge on any atom is 0.218 e. The minimum absolute atomic E-state index is 0.0813. The average molecular weight is 418 g/mol. The molecule has 1 atom stereocenters. The third kappa shape index (κ3) is 4.90. The molecular weight excluding hydrogens is 386 g/mol. The quantitative estimate of drug-likeness (QED) is 0.723. The molecule has 1 aromatic heterocycles. The van der Waals surface area contributed by atoms with Crippen LogP contribution in [0.1, 0.15) is 48.7 Å². The molecule has 4 rings (SSSR count). The molecule has 1 unspecified atom stereocenters. The van der Waals surface area contributed by atoms with E-state index in [9.17, 15) is 8.42 Å². The van der Waals surface area contributed by atoms with Crippen molar-refractivity contribution in [2.24, 2.45) is 5.92 Å². The molecule has 0 aliphatic carbocycles. The first-order valence-corrected chi connectivity index (χ1v) is 12.3. The number of hydrogen-bond donors (Lipinski definition) is 0. The van der Waals surface area contributed by atoms with Gasteiger partial charge in [-0.1, -0.05) is 30.3 Å². The number of benzene rings is 1. The van der Waals surface area contributed by atoms with Crippen molar-refractivity contribution in [1.29, 1.82) is 0 Å². The maximum atomic E-state index is 13.0. The molecule has 0 saturated carbocycles. The summed E-state index contributed by atoms with van der Waals surface area (Å²) in [6.07, 6.45) is 5.95. The molecule has 7 heteroatoms. The molecule has 3 heterocycles. The van der Waals surface area contributed by atoms with Gasteiger partial charge in [0, 0.05) is 50.7 Å². The standard InChI is InChI=1S/C22H31N3O3S/c1-18-14-23-22(21-9-12-28-13-10-21)25(18)16-20-8-5-11-24(15-20)29(26,27)17-19-6-3-2-4-7-19/h2-4,6-7,14,20-21H,5,8-13,15-17H2,1H3. The summed E-state index contributed by atoms with van der Waals surface area (Å²) in [5.41, 5.74) is 2.01. The van der Waals surface area contributed by atoms with Crippen molar-refractivity contribution in [3.8, 4) is 0 Å². The zero-order chi connectivity index (χ0) is 20.3. The van der Waals surface area contributed by atoms with E-state index in [1.807, 2.05) is 36.5 Å². The van der Waals surface area contributed by atoms with Crippen LogP contribution in [0.15, 0.2) is 36.5 Å². The van der Waals surface area contributed by atoms with Crippen LogP contribution in [0.3, 0.4) is 0 Å². The van der Waals surface area contributed by atoms with Gasteiger partial charge in [-0.25, -0.2) is 17.7 Å². The lowest BCUT2D eigenvalue weighted by Crippen LogP contribution is -2.41. The summed E-state index contributed by atoms with van der Waals surface area (Å²) < 4.78 is 35.5. The predicted octanol–water partition coefficient (Wildman–Crippen LogP) is 3.33. The third-order valence-electron chi connectivity index (χ3n) is 6.18. The summed E-state index contributed by atoms with van der Waals surface area (Å²) in [5.74, 6) is 1.99. The fourth-order valence-electron chi connectivity index (χ4n) is 4.56. The van der Waals surface area contributed by atoms with Gasteiger partial charge in [0.15, 0.2) is 0 Å². The van der Waals surface area contributed by atoms with Gasteiger partial charge in [-0.15, -0.1) is 0 Å². The molecule has 2 aromatic rings. The molecule has 2 fully saturated rings. The second kappa shape index (κ2) is 8.98. The van der Waals surface area contributed by atoms with Crippen LogP contribution < -0.4 is 0 Å². The molecule has 2 aliphatic rings. The van der Waals surface area contributed by atoms with Gasteiger partial charge in [0.2, 0.25) is 10.0 Å². The molecule has 0 N–H and O–H groups in total. The zero-order valence-electron chi connectivity index (χ0n) is 17.2. The van der Waals surface area contributed by atoms with Gasteiger partial charge in [-0.2, -0.15) is 0 Å². The van der Waals surface area contributed by atoms with Crippen LogP contribution in [0.4, 0.5) is 0 Å². The highest BCUT2D eigenvalue weighted by atomic mass is 32.2. The van der Waals surface area contributed by atoms with Crippen molar-refractivity contribution in [3.63, 3.8) is 0 Å². The summed E-state index contributed by atoms with van der Waals surface area (Å²) in [6, 6.07) is 9.46. The molecule has 0 radical (unpaired) electrons. The minimum Gasteiger partial charge on any atom is -0.381 e. The third-order valence-corrected chi connectivity index (χ3v) is 8.00. The van der Waals surface area contributed by atoms with Gasteiger partial charge in [-0.05, 0) is 44.1 Å². The second-order valence-corrected chi connectivity index (χ2v) is 10.3. The Kier molecular flexibility index (Phi) is 6.37. The number of sulfonamides is 1. The molecule has 158 valence electrons. The van der Waals surface area contributed by atoms with Gasteiger partial charge >= 0.3 is 0 Å². The first-order valence-electron chi connectivity index (χ1n) is 10.6. The van der Waals surface area contributed by atoms with Crippen molar-refractivity contribution >= 4 is 10.0 Å². The van der Waals surface area contributed by atoms with Crippen molar-refractivity contribution in [2.45, 2.75) is 50.8 Å². The summed E-state index contributed by atoms with van der Waals surface area (Å²) >= 11 is 0. The van der Waals surface area contributed by atoms with Crippen LogP contribution in [0.25, 0.3) is 0 Å². The van der Waals surface area contributed by atoms with Crippen LogP contribution in [-0.4, -0.2) is 48.6 Å². The number of ether oxygens (including phenoxy) is 1. The minimum atomic E-state index is -3.30. The Balaban J connectivity index is 1.45. The smallest absolute Gasteiger partial charge is 0.218 e. The number of nitrogens with zero attached hydrogens (tertiary/aromatic N) is 3. The fraction of sp³-hybridized carbons (Fsp3) is 0.591. The largest absolute Gasteiger partial charge is 0.381 e. The molecule has 0 amide bonds. The number of rotatable bonds is 6. The summed E-state index contributed by atoms with van der Waals surface area (Å²) in [6.45, 7) is 5.76. The Morgan fingerprint density at radius 3 is 2.66 bits per heavy atom. The molecule has 2 saturated heterocycles. The van der Waals surface area contributed by atoms with Crippen LogP contribution in [0.5, 0.6) is 0 Å². The Bertz CT molecular complexity index is 905. The van der Waals surface area contributed by atoms with E-state index < -0.39 is 10.0 Å². The molecule has 2 aliphatic heterocycles. The van der Waals surface area contributed by atoms with E-state index in [0.717, 1.165) is 62.5 Å². The Hall–Kier alpha value is -1.70. The SMILES string of the molecule is Cc1cnc(C2CCOCC2)n1CC1CCCN(S(=O)(=O)Cc2ccccc2)C1. The van der Waals surface area contributed by atoms with Crippen molar-refractivity contribution < 1.29 is 13.2 Å². The molecule has 6 nitrogen and oxygen atoms in total. The van der Waals surface area contributed by atoms with Crippen molar-refractivity contribution in [3.05, 3.63) is 53.6 Å². The van der Waals surface area contributed by atoms with Crippen LogP contribution >= 0.6 is 0 Å². The number of aryl methyl sites for hydroxylation is 1. The highest BCUT2D eigenvalue weighted by molar-refractivity contribution is 7.88. The highest BCUT2D eigenvalue weighted by Crippen LogP contribution is 2.29. The van der Waals surface area contributed by atoms with E-state index in [4.69, 9.17) is 9.72 Å². The van der Waals surface area contributed by atoms with E-state index in [-0.39, 0.29) is 5.75 Å². The second-order valence-electron chi connectivity index (χ2n) is 8.36. The van der Waals surface area contributed by atoms with Gasteiger partial charge in [0.25, 0.3) is 0 Å². The lowest BCUT2D eigenvalue weighted by molar-refractivity contribution is 0.0824. The normalized spacial score (nSPS) is 22.0. The first-order chi connectivity index (χ1) is 14.0. The van der Waals surface area contributed by atoms with Gasteiger partial charge < -0.3 is 9.30 Å². The maximum absolute atomic E-state index is 13.0. The Morgan fingerprint density at radius 2 is 1.90 bits per heavy atom. The molecule has 0 bridgehead atoms. The van der Waals surface area contributed by atoms with E-state index in [0.29, 0.717) is 24.9 Å². The predicted molar refractivity (Wildman–Crippen MR) is 113 cm³/mol. The number of imidazole rings is 1.